The number of thiol groups is 1. The van der Waals surface area contributed by atoms with Crippen LogP contribution in [0.15, 0.2) is 0 Å². The maximum atomic E-state index is 8.84. The van der Waals surface area contributed by atoms with Crippen molar-refractivity contribution in [3.8, 4) is 0 Å². The van der Waals surface area contributed by atoms with Crippen LogP contribution in [-0.4, -0.2) is 55.2 Å². The second-order valence-corrected chi connectivity index (χ2v) is 3.70. The smallest absolute Gasteiger partial charge is 0.0593 e. The van der Waals surface area contributed by atoms with E-state index in [2.05, 4.69) is 24.5 Å². The van der Waals surface area contributed by atoms with Crippen LogP contribution in [0, 0.1) is 0 Å². The van der Waals surface area contributed by atoms with E-state index in [4.69, 9.17) is 9.84 Å². The normalized spacial score (nSPS) is 11.1. The molecule has 0 radical (unpaired) electrons. The molecule has 0 bridgehead atoms. The Bertz CT molecular complexity index is 114. The molecule has 0 aromatic heterocycles. The molecule has 0 aliphatic rings. The van der Waals surface area contributed by atoms with Crippen molar-refractivity contribution in [2.24, 2.45) is 0 Å². The van der Waals surface area contributed by atoms with Gasteiger partial charge in [-0.15, -0.1) is 0 Å². The topological polar surface area (TPSA) is 32.7 Å². The average molecular weight is 221 g/mol. The molecule has 0 aliphatic heterocycles. The van der Waals surface area contributed by atoms with Gasteiger partial charge in [-0.05, 0) is 13.0 Å². The van der Waals surface area contributed by atoms with E-state index < -0.39 is 0 Å². The fourth-order valence-electron chi connectivity index (χ4n) is 1.22. The highest BCUT2D eigenvalue weighted by atomic mass is 32.1. The summed E-state index contributed by atoms with van der Waals surface area (Å²) >= 11 is 4.06. The van der Waals surface area contributed by atoms with Crippen molar-refractivity contribution in [3.63, 3.8) is 0 Å². The van der Waals surface area contributed by atoms with E-state index in [0.29, 0.717) is 6.61 Å². The Kier molecular flexibility index (Phi) is 11.5. The molecule has 0 aliphatic carbocycles. The third-order valence-corrected chi connectivity index (χ3v) is 2.21. The van der Waals surface area contributed by atoms with Crippen LogP contribution in [0.25, 0.3) is 0 Å². The first kappa shape index (κ1) is 14.2. The molecule has 86 valence electrons. The molecule has 3 nitrogen and oxygen atoms in total. The number of rotatable bonds is 10. The Morgan fingerprint density at radius 3 is 2.57 bits per heavy atom. The monoisotopic (exact) mass is 221 g/mol. The first-order valence-electron chi connectivity index (χ1n) is 5.37. The number of aliphatic hydroxyl groups excluding tert-OH is 1. The van der Waals surface area contributed by atoms with Gasteiger partial charge in [-0.25, -0.2) is 0 Å². The van der Waals surface area contributed by atoms with Gasteiger partial charge in [0, 0.05) is 18.8 Å². The van der Waals surface area contributed by atoms with Gasteiger partial charge < -0.3 is 9.84 Å². The molecule has 0 aromatic rings. The molecule has 0 atom stereocenters. The Hall–Kier alpha value is 0.230. The molecule has 0 amide bonds. The highest BCUT2D eigenvalue weighted by Crippen LogP contribution is 1.94. The lowest BCUT2D eigenvalue weighted by Gasteiger charge is -2.20. The second-order valence-electron chi connectivity index (χ2n) is 3.25. The Labute approximate surface area is 92.8 Å². The molecule has 4 heteroatoms. The van der Waals surface area contributed by atoms with E-state index in [9.17, 15) is 0 Å². The van der Waals surface area contributed by atoms with Crippen molar-refractivity contribution in [2.75, 3.05) is 45.2 Å². The van der Waals surface area contributed by atoms with Crippen molar-refractivity contribution in [1.82, 2.24) is 4.90 Å². The number of unbranched alkanes of at least 4 members (excludes halogenated alkanes) is 1. The molecular weight excluding hydrogens is 198 g/mol. The maximum Gasteiger partial charge on any atom is 0.0593 e. The van der Waals surface area contributed by atoms with E-state index >= 15 is 0 Å². The molecule has 0 saturated carbocycles. The predicted molar refractivity (Wildman–Crippen MR) is 63.1 cm³/mol. The number of hydrogen-bond donors (Lipinski definition) is 2. The Balaban J connectivity index is 3.40. The number of hydrogen-bond acceptors (Lipinski definition) is 4. The SMILES string of the molecule is CCCCN(CCO)CCOCCS. The Morgan fingerprint density at radius 1 is 1.21 bits per heavy atom. The quantitative estimate of drug-likeness (QED) is 0.427. The Morgan fingerprint density at radius 2 is 2.00 bits per heavy atom. The summed E-state index contributed by atoms with van der Waals surface area (Å²) < 4.78 is 5.34. The molecule has 0 saturated heterocycles. The summed E-state index contributed by atoms with van der Waals surface area (Å²) in [6, 6.07) is 0. The van der Waals surface area contributed by atoms with Crippen molar-refractivity contribution in [3.05, 3.63) is 0 Å². The third kappa shape index (κ3) is 8.81. The molecule has 0 spiro atoms. The summed E-state index contributed by atoms with van der Waals surface area (Å²) in [5.74, 6) is 0.773. The van der Waals surface area contributed by atoms with Crippen LogP contribution in [0.4, 0.5) is 0 Å². The van der Waals surface area contributed by atoms with Crippen molar-refractivity contribution in [1.29, 1.82) is 0 Å². The van der Waals surface area contributed by atoms with Gasteiger partial charge in [0.05, 0.1) is 19.8 Å². The van der Waals surface area contributed by atoms with Gasteiger partial charge in [0.25, 0.3) is 0 Å². The predicted octanol–water partition coefficient (Wildman–Crippen LogP) is 1.03. The van der Waals surface area contributed by atoms with Crippen LogP contribution in [0.2, 0.25) is 0 Å². The molecule has 0 fully saturated rings. The van der Waals surface area contributed by atoms with Crippen molar-refractivity contribution in [2.45, 2.75) is 19.8 Å². The van der Waals surface area contributed by atoms with E-state index in [-0.39, 0.29) is 6.61 Å². The molecular formula is C10H23NO2S. The standard InChI is InChI=1S/C10H23NO2S/c1-2-3-4-11(5-7-12)6-8-13-9-10-14/h12,14H,2-10H2,1H3. The van der Waals surface area contributed by atoms with Crippen molar-refractivity contribution >= 4 is 12.6 Å². The fraction of sp³-hybridized carbons (Fsp3) is 1.00. The lowest BCUT2D eigenvalue weighted by atomic mass is 10.3. The highest BCUT2D eigenvalue weighted by molar-refractivity contribution is 7.80. The lowest BCUT2D eigenvalue weighted by Crippen LogP contribution is -2.31. The van der Waals surface area contributed by atoms with Gasteiger partial charge in [0.15, 0.2) is 0 Å². The van der Waals surface area contributed by atoms with Crippen molar-refractivity contribution < 1.29 is 9.84 Å². The van der Waals surface area contributed by atoms with Gasteiger partial charge >= 0.3 is 0 Å². The summed E-state index contributed by atoms with van der Waals surface area (Å²) in [4.78, 5) is 2.24. The first-order valence-corrected chi connectivity index (χ1v) is 6.00. The fourth-order valence-corrected chi connectivity index (χ4v) is 1.35. The number of nitrogens with zero attached hydrogens (tertiary/aromatic N) is 1. The largest absolute Gasteiger partial charge is 0.395 e. The molecule has 0 heterocycles. The molecule has 0 aromatic carbocycles. The summed E-state index contributed by atoms with van der Waals surface area (Å²) in [5.41, 5.74) is 0. The highest BCUT2D eigenvalue weighted by Gasteiger charge is 2.02. The summed E-state index contributed by atoms with van der Waals surface area (Å²) in [7, 11) is 0. The average Bonchev–Trinajstić information content (AvgIpc) is 2.20. The lowest BCUT2D eigenvalue weighted by molar-refractivity contribution is 0.105. The molecule has 0 rings (SSSR count). The second kappa shape index (κ2) is 11.3. The molecule has 1 N–H and O–H groups in total. The van der Waals surface area contributed by atoms with E-state index in [1.165, 1.54) is 12.8 Å². The van der Waals surface area contributed by atoms with Gasteiger partial charge in [0.1, 0.15) is 0 Å². The summed E-state index contributed by atoms with van der Waals surface area (Å²) in [6.45, 7) is 6.58. The summed E-state index contributed by atoms with van der Waals surface area (Å²) in [6.07, 6.45) is 2.38. The molecule has 14 heavy (non-hydrogen) atoms. The van der Waals surface area contributed by atoms with Gasteiger partial charge in [-0.1, -0.05) is 13.3 Å². The van der Waals surface area contributed by atoms with Crippen LogP contribution in [0.1, 0.15) is 19.8 Å². The van der Waals surface area contributed by atoms with Crippen LogP contribution in [0.5, 0.6) is 0 Å². The zero-order valence-corrected chi connectivity index (χ0v) is 10.0. The van der Waals surface area contributed by atoms with Gasteiger partial charge in [-0.2, -0.15) is 12.6 Å². The van der Waals surface area contributed by atoms with Crippen LogP contribution in [-0.2, 0) is 4.74 Å². The zero-order valence-electron chi connectivity index (χ0n) is 9.11. The van der Waals surface area contributed by atoms with E-state index in [1.807, 2.05) is 0 Å². The third-order valence-electron chi connectivity index (χ3n) is 2.03. The van der Waals surface area contributed by atoms with E-state index in [1.54, 1.807) is 0 Å². The minimum atomic E-state index is 0.232. The van der Waals surface area contributed by atoms with Crippen LogP contribution < -0.4 is 0 Å². The maximum absolute atomic E-state index is 8.84. The first-order chi connectivity index (χ1) is 6.85. The molecule has 0 unspecified atom stereocenters. The van der Waals surface area contributed by atoms with Gasteiger partial charge in [0.2, 0.25) is 0 Å². The number of aliphatic hydroxyl groups is 1. The number of ether oxygens (including phenoxy) is 1. The summed E-state index contributed by atoms with van der Waals surface area (Å²) in [5, 5.41) is 8.84. The minimum absolute atomic E-state index is 0.232. The zero-order chi connectivity index (χ0) is 10.6. The van der Waals surface area contributed by atoms with E-state index in [0.717, 1.165) is 32.0 Å². The van der Waals surface area contributed by atoms with Crippen LogP contribution >= 0.6 is 12.6 Å². The van der Waals surface area contributed by atoms with Gasteiger partial charge in [-0.3, -0.25) is 4.90 Å². The minimum Gasteiger partial charge on any atom is -0.395 e. The van der Waals surface area contributed by atoms with Crippen LogP contribution in [0.3, 0.4) is 0 Å².